The first-order valence-electron chi connectivity index (χ1n) is 6.03. The van der Waals surface area contributed by atoms with Crippen LogP contribution in [0.4, 0.5) is 11.4 Å². The highest BCUT2D eigenvalue weighted by molar-refractivity contribution is 5.91. The number of ether oxygens (including phenoxy) is 2. The molecule has 3 N–H and O–H groups in total. The highest BCUT2D eigenvalue weighted by Gasteiger charge is 2.02. The van der Waals surface area contributed by atoms with Gasteiger partial charge in [0, 0.05) is 18.0 Å². The Morgan fingerprint density at radius 2 is 1.83 bits per heavy atom. The third-order valence-electron chi connectivity index (χ3n) is 2.15. The summed E-state index contributed by atoms with van der Waals surface area (Å²) >= 11 is 0. The van der Waals surface area contributed by atoms with Crippen molar-refractivity contribution in [2.45, 2.75) is 13.3 Å². The standard InChI is InChI=1S/C13H20N2O3/c1-2-7-17-8-9-18-10-13(16)15-12-5-3-11(14)4-6-12/h3-6H,2,7-10,14H2,1H3,(H,15,16). The van der Waals surface area contributed by atoms with E-state index in [2.05, 4.69) is 5.32 Å². The monoisotopic (exact) mass is 252 g/mol. The van der Waals surface area contributed by atoms with E-state index in [1.807, 2.05) is 6.92 Å². The Kier molecular flexibility index (Phi) is 6.83. The number of carbonyl (C=O) groups is 1. The number of amides is 1. The molecule has 0 heterocycles. The molecule has 0 saturated carbocycles. The maximum atomic E-state index is 11.5. The van der Waals surface area contributed by atoms with E-state index in [1.54, 1.807) is 24.3 Å². The molecule has 0 aliphatic rings. The summed E-state index contributed by atoms with van der Waals surface area (Å²) in [4.78, 5) is 11.5. The largest absolute Gasteiger partial charge is 0.399 e. The van der Waals surface area contributed by atoms with E-state index in [4.69, 9.17) is 15.2 Å². The van der Waals surface area contributed by atoms with E-state index in [1.165, 1.54) is 0 Å². The number of anilines is 2. The molecule has 0 aliphatic heterocycles. The zero-order valence-corrected chi connectivity index (χ0v) is 10.6. The van der Waals surface area contributed by atoms with Crippen molar-refractivity contribution < 1.29 is 14.3 Å². The minimum Gasteiger partial charge on any atom is -0.399 e. The number of nitrogens with one attached hydrogen (secondary N) is 1. The third kappa shape index (κ3) is 6.22. The molecule has 1 amide bonds. The first-order valence-corrected chi connectivity index (χ1v) is 6.03. The van der Waals surface area contributed by atoms with Crippen molar-refractivity contribution in [3.63, 3.8) is 0 Å². The Morgan fingerprint density at radius 1 is 1.17 bits per heavy atom. The van der Waals surface area contributed by atoms with Gasteiger partial charge in [0.2, 0.25) is 5.91 Å². The number of benzene rings is 1. The fraction of sp³-hybridized carbons (Fsp3) is 0.462. The predicted octanol–water partition coefficient (Wildman–Crippen LogP) is 1.65. The Labute approximate surface area is 107 Å². The summed E-state index contributed by atoms with van der Waals surface area (Å²) in [6, 6.07) is 6.96. The van der Waals surface area contributed by atoms with Gasteiger partial charge in [0.15, 0.2) is 0 Å². The van der Waals surface area contributed by atoms with E-state index < -0.39 is 0 Å². The molecule has 0 radical (unpaired) electrons. The molecule has 0 aliphatic carbocycles. The van der Waals surface area contributed by atoms with Gasteiger partial charge in [0.05, 0.1) is 13.2 Å². The molecule has 0 atom stereocenters. The van der Waals surface area contributed by atoms with Crippen LogP contribution in [0.3, 0.4) is 0 Å². The maximum Gasteiger partial charge on any atom is 0.250 e. The van der Waals surface area contributed by atoms with Crippen LogP contribution in [0.1, 0.15) is 13.3 Å². The van der Waals surface area contributed by atoms with E-state index >= 15 is 0 Å². The molecule has 5 heteroatoms. The predicted molar refractivity (Wildman–Crippen MR) is 71.4 cm³/mol. The van der Waals surface area contributed by atoms with E-state index in [0.29, 0.717) is 24.6 Å². The summed E-state index contributed by atoms with van der Waals surface area (Å²) in [5, 5.41) is 2.71. The van der Waals surface area contributed by atoms with Crippen molar-refractivity contribution in [2.24, 2.45) is 0 Å². The van der Waals surface area contributed by atoms with Gasteiger partial charge in [-0.25, -0.2) is 0 Å². The van der Waals surface area contributed by atoms with Crippen molar-refractivity contribution in [2.75, 3.05) is 37.5 Å². The summed E-state index contributed by atoms with van der Waals surface area (Å²) in [6.45, 7) is 3.74. The molecule has 0 aromatic heterocycles. The van der Waals surface area contributed by atoms with Gasteiger partial charge in [-0.2, -0.15) is 0 Å². The number of hydrogen-bond donors (Lipinski definition) is 2. The zero-order chi connectivity index (χ0) is 13.2. The van der Waals surface area contributed by atoms with Crippen molar-refractivity contribution in [3.05, 3.63) is 24.3 Å². The Balaban J connectivity index is 2.12. The third-order valence-corrected chi connectivity index (χ3v) is 2.15. The molecule has 18 heavy (non-hydrogen) atoms. The molecule has 1 aromatic carbocycles. The Bertz CT molecular complexity index is 352. The van der Waals surface area contributed by atoms with Gasteiger partial charge >= 0.3 is 0 Å². The van der Waals surface area contributed by atoms with Gasteiger partial charge < -0.3 is 20.5 Å². The summed E-state index contributed by atoms with van der Waals surface area (Å²) in [5.41, 5.74) is 6.92. The molecule has 1 rings (SSSR count). The minimum absolute atomic E-state index is 0.0276. The van der Waals surface area contributed by atoms with Crippen LogP contribution in [0.5, 0.6) is 0 Å². The smallest absolute Gasteiger partial charge is 0.250 e. The summed E-state index contributed by atoms with van der Waals surface area (Å²) < 4.78 is 10.4. The van der Waals surface area contributed by atoms with Crippen LogP contribution in [0.25, 0.3) is 0 Å². The van der Waals surface area contributed by atoms with Crippen molar-refractivity contribution in [3.8, 4) is 0 Å². The van der Waals surface area contributed by atoms with Crippen molar-refractivity contribution in [1.29, 1.82) is 0 Å². The molecule has 0 bridgehead atoms. The molecule has 0 saturated heterocycles. The first-order chi connectivity index (χ1) is 8.72. The van der Waals surface area contributed by atoms with Gasteiger partial charge in [-0.3, -0.25) is 4.79 Å². The van der Waals surface area contributed by atoms with Crippen molar-refractivity contribution in [1.82, 2.24) is 0 Å². The highest BCUT2D eigenvalue weighted by atomic mass is 16.5. The van der Waals surface area contributed by atoms with Gasteiger partial charge in [0.25, 0.3) is 0 Å². The second-order valence-corrected chi connectivity index (χ2v) is 3.84. The molecular weight excluding hydrogens is 232 g/mol. The van der Waals surface area contributed by atoms with Crippen LogP contribution in [0.2, 0.25) is 0 Å². The topological polar surface area (TPSA) is 73.6 Å². The number of rotatable bonds is 8. The molecule has 100 valence electrons. The molecular formula is C13H20N2O3. The van der Waals surface area contributed by atoms with Crippen LogP contribution in [0, 0.1) is 0 Å². The molecule has 0 unspecified atom stereocenters. The van der Waals surface area contributed by atoms with Crippen LogP contribution in [-0.2, 0) is 14.3 Å². The number of nitrogen functional groups attached to an aromatic ring is 1. The lowest BCUT2D eigenvalue weighted by Gasteiger charge is -2.06. The second kappa shape index (κ2) is 8.49. The lowest BCUT2D eigenvalue weighted by molar-refractivity contribution is -0.121. The Morgan fingerprint density at radius 3 is 2.50 bits per heavy atom. The van der Waals surface area contributed by atoms with E-state index in [0.717, 1.165) is 13.0 Å². The fourth-order valence-corrected chi connectivity index (χ4v) is 1.29. The van der Waals surface area contributed by atoms with E-state index in [-0.39, 0.29) is 12.5 Å². The normalized spacial score (nSPS) is 10.3. The Hall–Kier alpha value is -1.59. The van der Waals surface area contributed by atoms with Gasteiger partial charge in [0.1, 0.15) is 6.61 Å². The molecule has 0 spiro atoms. The van der Waals surface area contributed by atoms with Crippen molar-refractivity contribution >= 4 is 17.3 Å². The van der Waals surface area contributed by atoms with Crippen LogP contribution in [-0.4, -0.2) is 32.3 Å². The highest BCUT2D eigenvalue weighted by Crippen LogP contribution is 2.09. The molecule has 0 fully saturated rings. The van der Waals surface area contributed by atoms with Gasteiger partial charge in [-0.1, -0.05) is 6.92 Å². The number of nitrogens with two attached hydrogens (primary N) is 1. The van der Waals surface area contributed by atoms with Crippen LogP contribution < -0.4 is 11.1 Å². The van der Waals surface area contributed by atoms with Gasteiger partial charge in [-0.15, -0.1) is 0 Å². The number of hydrogen-bond acceptors (Lipinski definition) is 4. The number of carbonyl (C=O) groups excluding carboxylic acids is 1. The zero-order valence-electron chi connectivity index (χ0n) is 10.6. The second-order valence-electron chi connectivity index (χ2n) is 3.84. The summed E-state index contributed by atoms with van der Waals surface area (Å²) in [7, 11) is 0. The average molecular weight is 252 g/mol. The SMILES string of the molecule is CCCOCCOCC(=O)Nc1ccc(N)cc1. The maximum absolute atomic E-state index is 11.5. The lowest BCUT2D eigenvalue weighted by Crippen LogP contribution is -2.19. The molecule has 5 nitrogen and oxygen atoms in total. The van der Waals surface area contributed by atoms with Gasteiger partial charge in [-0.05, 0) is 30.7 Å². The van der Waals surface area contributed by atoms with E-state index in [9.17, 15) is 4.79 Å². The summed E-state index contributed by atoms with van der Waals surface area (Å²) in [5.74, 6) is -0.185. The molecule has 1 aromatic rings. The minimum atomic E-state index is -0.185. The first kappa shape index (κ1) is 14.5. The fourth-order valence-electron chi connectivity index (χ4n) is 1.29. The summed E-state index contributed by atoms with van der Waals surface area (Å²) in [6.07, 6.45) is 0.984. The van der Waals surface area contributed by atoms with Crippen LogP contribution in [0.15, 0.2) is 24.3 Å². The average Bonchev–Trinajstić information content (AvgIpc) is 2.36. The van der Waals surface area contributed by atoms with Crippen LogP contribution >= 0.6 is 0 Å². The quantitative estimate of drug-likeness (QED) is 0.545. The lowest BCUT2D eigenvalue weighted by atomic mass is 10.3.